The molecule has 2 aromatic carbocycles. The van der Waals surface area contributed by atoms with Crippen LogP contribution >= 0.6 is 11.8 Å². The Hall–Kier alpha value is -3.11. The summed E-state index contributed by atoms with van der Waals surface area (Å²) >= 11 is 1.38. The number of thioether (sulfide) groups is 1. The first-order chi connectivity index (χ1) is 14.0. The molecule has 0 bridgehead atoms. The summed E-state index contributed by atoms with van der Waals surface area (Å²) in [5.74, 6) is 0.667. The Morgan fingerprint density at radius 3 is 2.76 bits per heavy atom. The molecule has 7 heteroatoms. The van der Waals surface area contributed by atoms with Gasteiger partial charge in [-0.05, 0) is 44.5 Å². The Bertz CT molecular complexity index is 1050. The molecule has 1 heterocycles. The van der Waals surface area contributed by atoms with Gasteiger partial charge in [0.1, 0.15) is 0 Å². The van der Waals surface area contributed by atoms with Gasteiger partial charge in [-0.15, -0.1) is 10.2 Å². The van der Waals surface area contributed by atoms with Crippen LogP contribution in [-0.2, 0) is 11.3 Å². The number of aryl methyl sites for hydroxylation is 1. The Balaban J connectivity index is 1.78. The number of nitrogens with zero attached hydrogens (tertiary/aromatic N) is 4. The summed E-state index contributed by atoms with van der Waals surface area (Å²) in [7, 11) is 0. The molecule has 0 aliphatic heterocycles. The average molecular weight is 406 g/mol. The lowest BCUT2D eigenvalue weighted by atomic mass is 10.1. The lowest BCUT2D eigenvalue weighted by molar-refractivity contribution is -0.115. The van der Waals surface area contributed by atoms with Crippen LogP contribution in [0.5, 0.6) is 0 Å². The van der Waals surface area contributed by atoms with E-state index in [1.165, 1.54) is 11.8 Å². The van der Waals surface area contributed by atoms with Gasteiger partial charge in [-0.25, -0.2) is 0 Å². The third-order valence-electron chi connectivity index (χ3n) is 4.35. The number of hydrogen-bond acceptors (Lipinski definition) is 5. The minimum absolute atomic E-state index is 0.145. The van der Waals surface area contributed by atoms with Crippen LogP contribution < -0.4 is 5.32 Å². The van der Waals surface area contributed by atoms with E-state index in [2.05, 4.69) is 39.1 Å². The zero-order chi connectivity index (χ0) is 20.8. The van der Waals surface area contributed by atoms with Crippen molar-refractivity contribution in [2.75, 3.05) is 5.32 Å². The van der Waals surface area contributed by atoms with Gasteiger partial charge >= 0.3 is 0 Å². The fraction of sp³-hybridized carbons (Fsp3) is 0.273. The maximum absolute atomic E-state index is 12.6. The first-order valence-corrected chi connectivity index (χ1v) is 10.4. The quantitative estimate of drug-likeness (QED) is 0.578. The molecule has 0 fully saturated rings. The second-order valence-corrected chi connectivity index (χ2v) is 8.08. The largest absolute Gasteiger partial charge is 0.325 e. The molecule has 1 amide bonds. The van der Waals surface area contributed by atoms with Crippen molar-refractivity contribution >= 4 is 23.4 Å². The SMILES string of the molecule is CCCn1c(S[C@H](C)C(=O)Nc2cccc(C#N)c2)nnc1-c1cccc(C)c1. The molecule has 3 rings (SSSR count). The van der Waals surface area contributed by atoms with Gasteiger partial charge in [0.15, 0.2) is 11.0 Å². The zero-order valence-corrected chi connectivity index (χ0v) is 17.5. The zero-order valence-electron chi connectivity index (χ0n) is 16.7. The van der Waals surface area contributed by atoms with Crippen molar-refractivity contribution in [1.82, 2.24) is 14.8 Å². The second kappa shape index (κ2) is 9.39. The molecule has 3 aromatic rings. The van der Waals surface area contributed by atoms with Crippen LogP contribution in [0.25, 0.3) is 11.4 Å². The highest BCUT2D eigenvalue weighted by Crippen LogP contribution is 2.28. The fourth-order valence-electron chi connectivity index (χ4n) is 2.92. The lowest BCUT2D eigenvalue weighted by Crippen LogP contribution is -2.23. The third-order valence-corrected chi connectivity index (χ3v) is 5.43. The van der Waals surface area contributed by atoms with Crippen LogP contribution in [0.1, 0.15) is 31.4 Å². The highest BCUT2D eigenvalue weighted by Gasteiger charge is 2.21. The number of nitrogens with one attached hydrogen (secondary N) is 1. The predicted octanol–water partition coefficient (Wildman–Crippen LogP) is 4.65. The average Bonchev–Trinajstić information content (AvgIpc) is 3.10. The molecule has 0 aliphatic carbocycles. The molecule has 0 spiro atoms. The van der Waals surface area contributed by atoms with E-state index in [0.717, 1.165) is 35.1 Å². The van der Waals surface area contributed by atoms with Crippen LogP contribution in [0.3, 0.4) is 0 Å². The lowest BCUT2D eigenvalue weighted by Gasteiger charge is -2.13. The number of anilines is 1. The maximum Gasteiger partial charge on any atom is 0.237 e. The van der Waals surface area contributed by atoms with Gasteiger partial charge in [0, 0.05) is 17.8 Å². The molecular weight excluding hydrogens is 382 g/mol. The molecule has 0 radical (unpaired) electrons. The molecule has 0 unspecified atom stereocenters. The topological polar surface area (TPSA) is 83.6 Å². The van der Waals surface area contributed by atoms with Gasteiger partial charge < -0.3 is 9.88 Å². The molecule has 1 atom stereocenters. The van der Waals surface area contributed by atoms with E-state index in [1.807, 2.05) is 32.0 Å². The number of carbonyl (C=O) groups excluding carboxylic acids is 1. The number of aromatic nitrogens is 3. The first kappa shape index (κ1) is 20.6. The second-order valence-electron chi connectivity index (χ2n) is 6.77. The number of benzene rings is 2. The Morgan fingerprint density at radius 1 is 1.24 bits per heavy atom. The van der Waals surface area contributed by atoms with Gasteiger partial charge in [-0.1, -0.05) is 48.5 Å². The van der Waals surface area contributed by atoms with Gasteiger partial charge in [-0.2, -0.15) is 5.26 Å². The van der Waals surface area contributed by atoms with E-state index in [9.17, 15) is 4.79 Å². The summed E-state index contributed by atoms with van der Waals surface area (Å²) in [6, 6.07) is 17.1. The predicted molar refractivity (Wildman–Crippen MR) is 116 cm³/mol. The monoisotopic (exact) mass is 405 g/mol. The van der Waals surface area contributed by atoms with E-state index in [4.69, 9.17) is 5.26 Å². The van der Waals surface area contributed by atoms with Crippen LogP contribution in [0.2, 0.25) is 0 Å². The van der Waals surface area contributed by atoms with E-state index in [1.54, 1.807) is 24.3 Å². The number of carbonyl (C=O) groups is 1. The number of hydrogen-bond donors (Lipinski definition) is 1. The summed E-state index contributed by atoms with van der Waals surface area (Å²) in [5, 5.41) is 21.0. The summed E-state index contributed by atoms with van der Waals surface area (Å²) in [4.78, 5) is 12.6. The van der Waals surface area contributed by atoms with Gasteiger partial charge in [0.05, 0.1) is 16.9 Å². The van der Waals surface area contributed by atoms with Gasteiger partial charge in [0.2, 0.25) is 5.91 Å². The Kier molecular flexibility index (Phi) is 6.68. The summed E-state index contributed by atoms with van der Waals surface area (Å²) in [6.45, 7) is 6.77. The van der Waals surface area contributed by atoms with Crippen LogP contribution in [0, 0.1) is 18.3 Å². The van der Waals surface area contributed by atoms with E-state index >= 15 is 0 Å². The molecule has 0 saturated heterocycles. The van der Waals surface area contributed by atoms with Crippen molar-refractivity contribution < 1.29 is 4.79 Å². The van der Waals surface area contributed by atoms with Crippen LogP contribution in [0.15, 0.2) is 53.7 Å². The molecular formula is C22H23N5OS. The normalized spacial score (nSPS) is 11.7. The Morgan fingerprint density at radius 2 is 2.03 bits per heavy atom. The van der Waals surface area contributed by atoms with Crippen molar-refractivity contribution in [2.24, 2.45) is 0 Å². The van der Waals surface area contributed by atoms with Crippen molar-refractivity contribution in [3.8, 4) is 17.5 Å². The first-order valence-electron chi connectivity index (χ1n) is 9.49. The maximum atomic E-state index is 12.6. The molecule has 148 valence electrons. The van der Waals surface area contributed by atoms with E-state index < -0.39 is 0 Å². The third kappa shape index (κ3) is 5.04. The molecule has 0 saturated carbocycles. The number of amides is 1. The van der Waals surface area contributed by atoms with E-state index in [-0.39, 0.29) is 11.2 Å². The summed E-state index contributed by atoms with van der Waals surface area (Å²) in [5.41, 5.74) is 3.30. The van der Waals surface area contributed by atoms with Crippen LogP contribution in [0.4, 0.5) is 5.69 Å². The highest BCUT2D eigenvalue weighted by molar-refractivity contribution is 8.00. The molecule has 29 heavy (non-hydrogen) atoms. The van der Waals surface area contributed by atoms with Gasteiger partial charge in [-0.3, -0.25) is 4.79 Å². The fourth-order valence-corrected chi connectivity index (χ4v) is 3.80. The molecule has 1 aromatic heterocycles. The summed E-state index contributed by atoms with van der Waals surface area (Å²) < 4.78 is 2.07. The van der Waals surface area contributed by atoms with Crippen molar-refractivity contribution in [1.29, 1.82) is 5.26 Å². The summed E-state index contributed by atoms with van der Waals surface area (Å²) in [6.07, 6.45) is 0.936. The molecule has 0 aliphatic rings. The number of rotatable bonds is 7. The van der Waals surface area contributed by atoms with E-state index in [0.29, 0.717) is 11.3 Å². The minimum Gasteiger partial charge on any atom is -0.325 e. The number of nitriles is 1. The highest BCUT2D eigenvalue weighted by atomic mass is 32.2. The van der Waals surface area contributed by atoms with Crippen molar-refractivity contribution in [2.45, 2.75) is 44.1 Å². The van der Waals surface area contributed by atoms with Crippen LogP contribution in [-0.4, -0.2) is 25.9 Å². The van der Waals surface area contributed by atoms with Crippen molar-refractivity contribution in [3.05, 3.63) is 59.7 Å². The standard InChI is InChI=1S/C22H23N5OS/c1-4-11-27-20(18-9-5-7-15(2)12-18)25-26-22(27)29-16(3)21(28)24-19-10-6-8-17(13-19)14-23/h5-10,12-13,16H,4,11H2,1-3H3,(H,24,28)/t16-/m1/s1. The molecule has 1 N–H and O–H groups in total. The smallest absolute Gasteiger partial charge is 0.237 e. The van der Waals surface area contributed by atoms with Crippen molar-refractivity contribution in [3.63, 3.8) is 0 Å². The molecule has 6 nitrogen and oxygen atoms in total. The Labute approximate surface area is 175 Å². The van der Waals surface area contributed by atoms with Gasteiger partial charge in [0.25, 0.3) is 0 Å². The minimum atomic E-state index is -0.370.